The standard InChI is InChI=1S/C10H5F5N2/c11-5-1-2-6(7(12)3-5)8-4-9(17-16-8)10(13,14)15/h1-4H,(H,16,17). The molecular weight excluding hydrogens is 243 g/mol. The molecule has 0 aliphatic rings. The topological polar surface area (TPSA) is 28.7 Å². The molecule has 17 heavy (non-hydrogen) atoms. The van der Waals surface area contributed by atoms with Crippen LogP contribution in [-0.2, 0) is 6.18 Å². The van der Waals surface area contributed by atoms with Crippen LogP contribution in [0.2, 0.25) is 0 Å². The van der Waals surface area contributed by atoms with Crippen LogP contribution in [0.15, 0.2) is 24.3 Å². The summed E-state index contributed by atoms with van der Waals surface area (Å²) in [5, 5.41) is 5.09. The lowest BCUT2D eigenvalue weighted by molar-refractivity contribution is -0.141. The van der Waals surface area contributed by atoms with E-state index in [4.69, 9.17) is 0 Å². The fourth-order valence-electron chi connectivity index (χ4n) is 1.30. The number of alkyl halides is 3. The zero-order chi connectivity index (χ0) is 12.6. The number of aromatic nitrogens is 2. The van der Waals surface area contributed by atoms with E-state index in [2.05, 4.69) is 5.10 Å². The van der Waals surface area contributed by atoms with Crippen molar-refractivity contribution in [1.82, 2.24) is 10.2 Å². The number of halogens is 5. The first-order valence-corrected chi connectivity index (χ1v) is 4.46. The first kappa shape index (κ1) is 11.6. The van der Waals surface area contributed by atoms with E-state index < -0.39 is 23.5 Å². The van der Waals surface area contributed by atoms with Crippen LogP contribution in [0.4, 0.5) is 22.0 Å². The van der Waals surface area contributed by atoms with E-state index >= 15 is 0 Å². The second-order valence-electron chi connectivity index (χ2n) is 3.29. The predicted molar refractivity (Wildman–Crippen MR) is 48.9 cm³/mol. The van der Waals surface area contributed by atoms with Crippen molar-refractivity contribution in [2.45, 2.75) is 6.18 Å². The molecule has 2 nitrogen and oxygen atoms in total. The highest BCUT2D eigenvalue weighted by molar-refractivity contribution is 5.60. The summed E-state index contributed by atoms with van der Waals surface area (Å²) in [5.74, 6) is -1.77. The summed E-state index contributed by atoms with van der Waals surface area (Å²) >= 11 is 0. The third kappa shape index (κ3) is 2.27. The molecule has 0 spiro atoms. The van der Waals surface area contributed by atoms with Crippen LogP contribution in [0.25, 0.3) is 11.3 Å². The molecular formula is C10H5F5N2. The van der Waals surface area contributed by atoms with Crippen LogP contribution < -0.4 is 0 Å². The summed E-state index contributed by atoms with van der Waals surface area (Å²) in [6.45, 7) is 0. The number of rotatable bonds is 1. The molecule has 1 N–H and O–H groups in total. The van der Waals surface area contributed by atoms with Gasteiger partial charge in [-0.2, -0.15) is 18.3 Å². The lowest BCUT2D eigenvalue weighted by Gasteiger charge is -2.00. The van der Waals surface area contributed by atoms with Gasteiger partial charge in [-0.3, -0.25) is 5.10 Å². The highest BCUT2D eigenvalue weighted by atomic mass is 19.4. The van der Waals surface area contributed by atoms with Crippen molar-refractivity contribution in [1.29, 1.82) is 0 Å². The van der Waals surface area contributed by atoms with Crippen LogP contribution in [-0.4, -0.2) is 10.2 Å². The largest absolute Gasteiger partial charge is 0.432 e. The average Bonchev–Trinajstić information content (AvgIpc) is 2.65. The molecule has 1 aromatic heterocycles. The van der Waals surface area contributed by atoms with E-state index in [0.717, 1.165) is 12.1 Å². The average molecular weight is 248 g/mol. The molecule has 2 rings (SSSR count). The van der Waals surface area contributed by atoms with E-state index in [1.165, 1.54) is 0 Å². The van der Waals surface area contributed by atoms with Crippen molar-refractivity contribution >= 4 is 0 Å². The normalized spacial score (nSPS) is 11.8. The van der Waals surface area contributed by atoms with Crippen LogP contribution >= 0.6 is 0 Å². The second-order valence-corrected chi connectivity index (χ2v) is 3.29. The van der Waals surface area contributed by atoms with Gasteiger partial charge < -0.3 is 0 Å². The van der Waals surface area contributed by atoms with Gasteiger partial charge in [0.25, 0.3) is 0 Å². The number of H-pyrrole nitrogens is 1. The number of benzene rings is 1. The maximum atomic E-state index is 13.3. The zero-order valence-corrected chi connectivity index (χ0v) is 8.15. The lowest BCUT2D eigenvalue weighted by Crippen LogP contribution is -2.04. The van der Waals surface area contributed by atoms with E-state index in [-0.39, 0.29) is 11.3 Å². The molecule has 90 valence electrons. The van der Waals surface area contributed by atoms with Gasteiger partial charge in [-0.15, -0.1) is 0 Å². The van der Waals surface area contributed by atoms with Crippen LogP contribution in [0.1, 0.15) is 5.69 Å². The fraction of sp³-hybridized carbons (Fsp3) is 0.100. The van der Waals surface area contributed by atoms with Gasteiger partial charge in [0.2, 0.25) is 0 Å². The summed E-state index contributed by atoms with van der Waals surface area (Å²) in [5.41, 5.74) is -1.51. The van der Waals surface area contributed by atoms with Gasteiger partial charge in [0.05, 0.1) is 5.69 Å². The molecule has 0 aliphatic heterocycles. The number of hydrogen-bond acceptors (Lipinski definition) is 1. The minimum absolute atomic E-state index is 0.196. The van der Waals surface area contributed by atoms with E-state index in [0.29, 0.717) is 12.1 Å². The molecule has 0 atom stereocenters. The highest BCUT2D eigenvalue weighted by Gasteiger charge is 2.33. The summed E-state index contributed by atoms with van der Waals surface area (Å²) < 4.78 is 62.6. The van der Waals surface area contributed by atoms with Gasteiger partial charge >= 0.3 is 6.18 Å². The Kier molecular flexibility index (Phi) is 2.60. The molecule has 0 unspecified atom stereocenters. The zero-order valence-electron chi connectivity index (χ0n) is 8.15. The van der Waals surface area contributed by atoms with Crippen LogP contribution in [0.3, 0.4) is 0 Å². The van der Waals surface area contributed by atoms with Gasteiger partial charge in [0, 0.05) is 11.6 Å². The van der Waals surface area contributed by atoms with E-state index in [1.807, 2.05) is 0 Å². The van der Waals surface area contributed by atoms with E-state index in [1.54, 1.807) is 5.10 Å². The monoisotopic (exact) mass is 248 g/mol. The molecule has 0 aliphatic carbocycles. The highest BCUT2D eigenvalue weighted by Crippen LogP contribution is 2.31. The maximum Gasteiger partial charge on any atom is 0.432 e. The maximum absolute atomic E-state index is 13.3. The summed E-state index contributed by atoms with van der Waals surface area (Å²) in [4.78, 5) is 0. The molecule has 0 saturated carbocycles. The molecule has 1 aromatic carbocycles. The minimum atomic E-state index is -4.58. The predicted octanol–water partition coefficient (Wildman–Crippen LogP) is 3.37. The molecule has 7 heteroatoms. The van der Waals surface area contributed by atoms with E-state index in [9.17, 15) is 22.0 Å². The third-order valence-corrected chi connectivity index (χ3v) is 2.09. The number of nitrogens with one attached hydrogen (secondary N) is 1. The Morgan fingerprint density at radius 1 is 1.06 bits per heavy atom. The second kappa shape index (κ2) is 3.83. The molecule has 0 bridgehead atoms. The molecule has 2 aromatic rings. The molecule has 0 amide bonds. The van der Waals surface area contributed by atoms with Crippen molar-refractivity contribution in [3.8, 4) is 11.3 Å². The number of nitrogens with zero attached hydrogens (tertiary/aromatic N) is 1. The van der Waals surface area contributed by atoms with Gasteiger partial charge in [-0.1, -0.05) is 0 Å². The Bertz CT molecular complexity index is 544. The van der Waals surface area contributed by atoms with Gasteiger partial charge in [-0.05, 0) is 18.2 Å². The van der Waals surface area contributed by atoms with Gasteiger partial charge in [-0.25, -0.2) is 8.78 Å². The molecule has 1 heterocycles. The van der Waals surface area contributed by atoms with Crippen LogP contribution in [0, 0.1) is 11.6 Å². The SMILES string of the molecule is Fc1ccc(-c2cc(C(F)(F)F)[nH]n2)c(F)c1. The Hall–Kier alpha value is -1.92. The summed E-state index contributed by atoms with van der Waals surface area (Å²) in [7, 11) is 0. The molecule has 0 radical (unpaired) electrons. The first-order valence-electron chi connectivity index (χ1n) is 4.46. The third-order valence-electron chi connectivity index (χ3n) is 2.09. The summed E-state index contributed by atoms with van der Waals surface area (Å²) in [6.07, 6.45) is -4.58. The Balaban J connectivity index is 2.44. The fourth-order valence-corrected chi connectivity index (χ4v) is 1.30. The Morgan fingerprint density at radius 3 is 2.29 bits per heavy atom. The van der Waals surface area contributed by atoms with Crippen LogP contribution in [0.5, 0.6) is 0 Å². The van der Waals surface area contributed by atoms with Crippen molar-refractivity contribution in [3.63, 3.8) is 0 Å². The van der Waals surface area contributed by atoms with Crippen molar-refractivity contribution in [2.75, 3.05) is 0 Å². The smallest absolute Gasteiger partial charge is 0.273 e. The first-order chi connectivity index (χ1) is 7.88. The van der Waals surface area contributed by atoms with Crippen molar-refractivity contribution in [2.24, 2.45) is 0 Å². The summed E-state index contributed by atoms with van der Waals surface area (Å²) in [6, 6.07) is 3.22. The molecule has 0 saturated heterocycles. The quantitative estimate of drug-likeness (QED) is 0.770. The Labute approximate surface area is 92.1 Å². The Morgan fingerprint density at radius 2 is 1.76 bits per heavy atom. The van der Waals surface area contributed by atoms with Crippen molar-refractivity contribution < 1.29 is 22.0 Å². The number of hydrogen-bond donors (Lipinski definition) is 1. The van der Waals surface area contributed by atoms with Gasteiger partial charge in [0.1, 0.15) is 17.3 Å². The van der Waals surface area contributed by atoms with Crippen molar-refractivity contribution in [3.05, 3.63) is 41.6 Å². The molecule has 0 fully saturated rings. The lowest BCUT2D eigenvalue weighted by atomic mass is 10.1. The van der Waals surface area contributed by atoms with Gasteiger partial charge in [0.15, 0.2) is 0 Å². The minimum Gasteiger partial charge on any atom is -0.273 e. The number of aromatic amines is 1.